The highest BCUT2D eigenvalue weighted by Crippen LogP contribution is 2.37. The van der Waals surface area contributed by atoms with E-state index in [0.29, 0.717) is 6.42 Å². The lowest BCUT2D eigenvalue weighted by Crippen LogP contribution is -2.19. The summed E-state index contributed by atoms with van der Waals surface area (Å²) >= 11 is 1.71. The number of fused-ring (bicyclic) bond motifs is 1. The molecule has 4 aromatic rings. The van der Waals surface area contributed by atoms with Gasteiger partial charge in [-0.25, -0.2) is 4.68 Å². The SMILES string of the molecule is O=C(O)CCCCNc1ccccc1Sc1ccc2c(C=Cc3ccccn3)nn(C3CCCCO3)c2c1. The minimum Gasteiger partial charge on any atom is -0.481 e. The average molecular weight is 529 g/mol. The lowest BCUT2D eigenvalue weighted by molar-refractivity contribution is -0.137. The van der Waals surface area contributed by atoms with Crippen molar-refractivity contribution in [3.63, 3.8) is 0 Å². The topological polar surface area (TPSA) is 89.3 Å². The van der Waals surface area contributed by atoms with E-state index in [2.05, 4.69) is 40.6 Å². The Morgan fingerprint density at radius 3 is 2.82 bits per heavy atom. The predicted molar refractivity (Wildman–Crippen MR) is 152 cm³/mol. The fourth-order valence-corrected chi connectivity index (χ4v) is 5.51. The van der Waals surface area contributed by atoms with Gasteiger partial charge in [0.2, 0.25) is 0 Å². The van der Waals surface area contributed by atoms with Crippen LogP contribution in [-0.2, 0) is 9.53 Å². The Bertz CT molecular complexity index is 1400. The van der Waals surface area contributed by atoms with Crippen LogP contribution in [0.5, 0.6) is 0 Å². The summed E-state index contributed by atoms with van der Waals surface area (Å²) in [7, 11) is 0. The Morgan fingerprint density at radius 1 is 1.11 bits per heavy atom. The molecule has 1 fully saturated rings. The summed E-state index contributed by atoms with van der Waals surface area (Å²) in [6.07, 6.45) is 10.6. The number of nitrogens with one attached hydrogen (secondary N) is 1. The first-order valence-electron chi connectivity index (χ1n) is 13.1. The lowest BCUT2D eigenvalue weighted by Gasteiger charge is -2.23. The maximum Gasteiger partial charge on any atom is 0.303 e. The number of hydrogen-bond acceptors (Lipinski definition) is 6. The van der Waals surface area contributed by atoms with Gasteiger partial charge in [-0.15, -0.1) is 0 Å². The van der Waals surface area contributed by atoms with Crippen molar-refractivity contribution in [1.29, 1.82) is 0 Å². The van der Waals surface area contributed by atoms with Gasteiger partial charge < -0.3 is 15.2 Å². The minimum atomic E-state index is -0.746. The number of para-hydroxylation sites is 1. The number of unbranched alkanes of at least 4 members (excludes halogenated alkanes) is 1. The molecule has 8 heteroatoms. The molecule has 1 atom stereocenters. The first kappa shape index (κ1) is 26.0. The number of pyridine rings is 1. The first-order chi connectivity index (χ1) is 18.7. The number of aliphatic carboxylic acids is 1. The number of rotatable bonds is 11. The number of carboxylic acid groups (broad SMARTS) is 1. The fourth-order valence-electron chi connectivity index (χ4n) is 4.56. The van der Waals surface area contributed by atoms with E-state index in [-0.39, 0.29) is 12.6 Å². The highest BCUT2D eigenvalue weighted by molar-refractivity contribution is 7.99. The van der Waals surface area contributed by atoms with E-state index in [1.54, 1.807) is 18.0 Å². The molecule has 38 heavy (non-hydrogen) atoms. The van der Waals surface area contributed by atoms with Crippen molar-refractivity contribution >= 4 is 46.5 Å². The Kier molecular flexibility index (Phi) is 8.73. The smallest absolute Gasteiger partial charge is 0.303 e. The Labute approximate surface area is 226 Å². The largest absolute Gasteiger partial charge is 0.481 e. The summed E-state index contributed by atoms with van der Waals surface area (Å²) in [5.74, 6) is -0.746. The van der Waals surface area contributed by atoms with Crippen LogP contribution < -0.4 is 5.32 Å². The van der Waals surface area contributed by atoms with Crippen molar-refractivity contribution in [2.24, 2.45) is 0 Å². The second-order valence-corrected chi connectivity index (χ2v) is 10.4. The number of nitrogens with zero attached hydrogens (tertiary/aromatic N) is 3. The zero-order chi connectivity index (χ0) is 26.2. The van der Waals surface area contributed by atoms with E-state index in [9.17, 15) is 4.79 Å². The molecule has 0 spiro atoms. The molecule has 1 aliphatic heterocycles. The third-order valence-corrected chi connectivity index (χ3v) is 7.55. The summed E-state index contributed by atoms with van der Waals surface area (Å²) in [6.45, 7) is 1.49. The van der Waals surface area contributed by atoms with Crippen molar-refractivity contribution in [1.82, 2.24) is 14.8 Å². The Morgan fingerprint density at radius 2 is 2.00 bits per heavy atom. The average Bonchev–Trinajstić information content (AvgIpc) is 3.31. The molecule has 1 aliphatic rings. The second-order valence-electron chi connectivity index (χ2n) is 9.29. The van der Waals surface area contributed by atoms with E-state index >= 15 is 0 Å². The van der Waals surface area contributed by atoms with Gasteiger partial charge in [-0.3, -0.25) is 9.78 Å². The molecule has 2 aromatic carbocycles. The van der Waals surface area contributed by atoms with Crippen LogP contribution in [0.2, 0.25) is 0 Å². The van der Waals surface area contributed by atoms with Crippen molar-refractivity contribution in [2.45, 2.75) is 54.5 Å². The number of carbonyl (C=O) groups is 1. The van der Waals surface area contributed by atoms with Crippen molar-refractivity contribution < 1.29 is 14.6 Å². The van der Waals surface area contributed by atoms with Gasteiger partial charge in [-0.1, -0.05) is 30.0 Å². The number of aromatic nitrogens is 3. The molecule has 0 aliphatic carbocycles. The molecule has 5 rings (SSSR count). The standard InChI is InChI=1S/C30H32N4O3S/c35-30(36)13-4-7-19-32-26-10-1-2-11-28(26)38-23-15-16-24-25(17-14-22-9-3-6-18-31-22)33-34(27(24)21-23)29-12-5-8-20-37-29/h1-3,6,9-11,14-18,21,29,32H,4-5,7-8,12-13,19-20H2,(H,35,36). The Balaban J connectivity index is 1.40. The van der Waals surface area contributed by atoms with Crippen LogP contribution in [0.15, 0.2) is 76.7 Å². The molecule has 1 unspecified atom stereocenters. The third kappa shape index (κ3) is 6.62. The Hall–Kier alpha value is -3.62. The van der Waals surface area contributed by atoms with E-state index in [0.717, 1.165) is 76.6 Å². The summed E-state index contributed by atoms with van der Waals surface area (Å²) in [4.78, 5) is 17.4. The van der Waals surface area contributed by atoms with Crippen LogP contribution in [-0.4, -0.2) is 39.0 Å². The molecule has 1 saturated heterocycles. The highest BCUT2D eigenvalue weighted by Gasteiger charge is 2.21. The van der Waals surface area contributed by atoms with E-state index in [4.69, 9.17) is 14.9 Å². The van der Waals surface area contributed by atoms with Crippen LogP contribution in [0.4, 0.5) is 5.69 Å². The van der Waals surface area contributed by atoms with E-state index < -0.39 is 5.97 Å². The monoisotopic (exact) mass is 528 g/mol. The quantitative estimate of drug-likeness (QED) is 0.200. The molecule has 3 heterocycles. The van der Waals surface area contributed by atoms with E-state index in [1.165, 1.54) is 0 Å². The zero-order valence-electron chi connectivity index (χ0n) is 21.3. The molecule has 0 bridgehead atoms. The van der Waals surface area contributed by atoms with Crippen LogP contribution in [0, 0.1) is 0 Å². The molecule has 2 N–H and O–H groups in total. The number of carboxylic acids is 1. The molecule has 2 aromatic heterocycles. The van der Waals surface area contributed by atoms with Gasteiger partial charge in [0.25, 0.3) is 0 Å². The number of hydrogen-bond donors (Lipinski definition) is 2. The summed E-state index contributed by atoms with van der Waals surface area (Å²) in [6, 6.07) is 20.6. The van der Waals surface area contributed by atoms with Gasteiger partial charge in [0.1, 0.15) is 0 Å². The number of anilines is 1. The van der Waals surface area contributed by atoms with Crippen LogP contribution in [0.25, 0.3) is 23.1 Å². The van der Waals surface area contributed by atoms with Gasteiger partial charge in [0, 0.05) is 46.6 Å². The molecule has 0 radical (unpaired) electrons. The molecular formula is C30H32N4O3S. The maximum absolute atomic E-state index is 10.8. The maximum atomic E-state index is 10.8. The highest BCUT2D eigenvalue weighted by atomic mass is 32.2. The van der Waals surface area contributed by atoms with Crippen LogP contribution >= 0.6 is 11.8 Å². The number of benzene rings is 2. The van der Waals surface area contributed by atoms with Crippen molar-refractivity contribution in [3.8, 4) is 0 Å². The molecule has 0 amide bonds. The van der Waals surface area contributed by atoms with Gasteiger partial charge >= 0.3 is 5.97 Å². The van der Waals surface area contributed by atoms with Gasteiger partial charge in [-0.05, 0) is 86.7 Å². The van der Waals surface area contributed by atoms with Crippen LogP contribution in [0.3, 0.4) is 0 Å². The molecule has 7 nitrogen and oxygen atoms in total. The number of ether oxygens (including phenoxy) is 1. The van der Waals surface area contributed by atoms with Crippen molar-refractivity contribution in [3.05, 3.63) is 78.2 Å². The fraction of sp³-hybridized carbons (Fsp3) is 0.300. The third-order valence-electron chi connectivity index (χ3n) is 6.48. The van der Waals surface area contributed by atoms with Gasteiger partial charge in [-0.2, -0.15) is 5.10 Å². The molecular weight excluding hydrogens is 496 g/mol. The van der Waals surface area contributed by atoms with Crippen molar-refractivity contribution in [2.75, 3.05) is 18.5 Å². The first-order valence-corrected chi connectivity index (χ1v) is 13.9. The molecule has 196 valence electrons. The zero-order valence-corrected chi connectivity index (χ0v) is 22.1. The van der Waals surface area contributed by atoms with Crippen LogP contribution in [0.1, 0.15) is 56.1 Å². The summed E-state index contributed by atoms with van der Waals surface area (Å²) in [5, 5.41) is 18.4. The molecule has 0 saturated carbocycles. The van der Waals surface area contributed by atoms with Gasteiger partial charge in [0.05, 0.1) is 16.9 Å². The predicted octanol–water partition coefficient (Wildman–Crippen LogP) is 7.12. The minimum absolute atomic E-state index is 0.0664. The second kappa shape index (κ2) is 12.8. The van der Waals surface area contributed by atoms with Gasteiger partial charge in [0.15, 0.2) is 6.23 Å². The summed E-state index contributed by atoms with van der Waals surface area (Å²) < 4.78 is 8.16. The summed E-state index contributed by atoms with van der Waals surface area (Å²) in [5.41, 5.74) is 3.90. The van der Waals surface area contributed by atoms with E-state index in [1.807, 2.05) is 47.2 Å². The normalized spacial score (nSPS) is 15.7. The lowest BCUT2D eigenvalue weighted by atomic mass is 10.1.